The largest absolute Gasteiger partial charge is 0.369 e. The van der Waals surface area contributed by atoms with Crippen molar-refractivity contribution in [3.63, 3.8) is 0 Å². The summed E-state index contributed by atoms with van der Waals surface area (Å²) < 4.78 is 0. The molecular formula is C12H20ClN9. The molecule has 4 heterocycles. The number of guanidine groups is 4. The van der Waals surface area contributed by atoms with Crippen molar-refractivity contribution in [3.8, 4) is 0 Å². The van der Waals surface area contributed by atoms with Gasteiger partial charge in [0.2, 0.25) is 23.8 Å². The van der Waals surface area contributed by atoms with E-state index in [0.29, 0.717) is 5.96 Å². The molecule has 9 nitrogen and oxygen atoms in total. The number of fused-ring (bicyclic) bond motifs is 2. The van der Waals surface area contributed by atoms with Crippen LogP contribution in [-0.2, 0) is 0 Å². The van der Waals surface area contributed by atoms with Gasteiger partial charge < -0.3 is 15.5 Å². The Labute approximate surface area is 135 Å². The van der Waals surface area contributed by atoms with Crippen LogP contribution in [0.4, 0.5) is 0 Å². The summed E-state index contributed by atoms with van der Waals surface area (Å²) in [5, 5.41) is 8.19. The predicted octanol–water partition coefficient (Wildman–Crippen LogP) is -1.37. The molecule has 0 spiro atoms. The van der Waals surface area contributed by atoms with Gasteiger partial charge in [0, 0.05) is 39.3 Å². The van der Waals surface area contributed by atoms with Gasteiger partial charge in [-0.25, -0.2) is 0 Å². The van der Waals surface area contributed by atoms with Gasteiger partial charge in [0.1, 0.15) is 0 Å². The molecule has 0 bridgehead atoms. The maximum Gasteiger partial charge on any atom is 0.227 e. The molecule has 4 aliphatic rings. The first-order valence-electron chi connectivity index (χ1n) is 7.30. The minimum Gasteiger partial charge on any atom is -0.369 e. The summed E-state index contributed by atoms with van der Waals surface area (Å²) in [6.45, 7) is 6.87. The first-order chi connectivity index (χ1) is 10.2. The van der Waals surface area contributed by atoms with Gasteiger partial charge >= 0.3 is 0 Å². The Bertz CT molecular complexity index is 569. The third kappa shape index (κ3) is 2.25. The van der Waals surface area contributed by atoms with E-state index in [0.717, 1.165) is 64.3 Å². The second-order valence-corrected chi connectivity index (χ2v) is 5.43. The maximum absolute atomic E-state index is 8.19. The predicted molar refractivity (Wildman–Crippen MR) is 87.8 cm³/mol. The highest BCUT2D eigenvalue weighted by molar-refractivity contribution is 6.07. The third-order valence-electron chi connectivity index (χ3n) is 4.23. The Morgan fingerprint density at radius 3 is 2.09 bits per heavy atom. The van der Waals surface area contributed by atoms with Crippen LogP contribution in [0.1, 0.15) is 0 Å². The third-order valence-corrected chi connectivity index (χ3v) is 4.23. The SMILES string of the molecule is Cl.N=C(/N=C(\N)N1CCN2CCN=C21)N1CCN2CCN=C21. The van der Waals surface area contributed by atoms with Crippen molar-refractivity contribution in [1.29, 1.82) is 5.41 Å². The van der Waals surface area contributed by atoms with Crippen molar-refractivity contribution in [3.05, 3.63) is 0 Å². The quantitative estimate of drug-likeness (QED) is 0.423. The summed E-state index contributed by atoms with van der Waals surface area (Å²) in [4.78, 5) is 21.3. The lowest BCUT2D eigenvalue weighted by molar-refractivity contribution is 0.501. The topological polar surface area (TPSA) is 99.9 Å². The zero-order valence-corrected chi connectivity index (χ0v) is 13.1. The van der Waals surface area contributed by atoms with E-state index >= 15 is 0 Å². The molecule has 22 heavy (non-hydrogen) atoms. The number of hydrogen-bond acceptors (Lipinski definition) is 5. The first kappa shape index (κ1) is 14.9. The van der Waals surface area contributed by atoms with E-state index in [9.17, 15) is 0 Å². The fourth-order valence-electron chi connectivity index (χ4n) is 3.17. The number of hydrogen-bond donors (Lipinski definition) is 2. The Balaban J connectivity index is 0.00000144. The van der Waals surface area contributed by atoms with Crippen LogP contribution >= 0.6 is 12.4 Å². The molecule has 0 aromatic carbocycles. The van der Waals surface area contributed by atoms with Crippen molar-refractivity contribution in [2.75, 3.05) is 52.4 Å². The summed E-state index contributed by atoms with van der Waals surface area (Å²) in [5.41, 5.74) is 6.09. The maximum atomic E-state index is 8.19. The van der Waals surface area contributed by atoms with Gasteiger partial charge in [-0.1, -0.05) is 0 Å². The van der Waals surface area contributed by atoms with E-state index in [1.165, 1.54) is 0 Å². The number of nitrogens with two attached hydrogens (primary N) is 1. The summed E-state index contributed by atoms with van der Waals surface area (Å²) in [7, 11) is 0. The van der Waals surface area contributed by atoms with Gasteiger partial charge in [-0.05, 0) is 0 Å². The van der Waals surface area contributed by atoms with Crippen molar-refractivity contribution in [2.45, 2.75) is 0 Å². The summed E-state index contributed by atoms with van der Waals surface area (Å²) >= 11 is 0. The first-order valence-corrected chi connectivity index (χ1v) is 7.30. The fraction of sp³-hybridized carbons (Fsp3) is 0.667. The van der Waals surface area contributed by atoms with E-state index < -0.39 is 0 Å². The molecule has 0 atom stereocenters. The molecule has 4 aliphatic heterocycles. The Morgan fingerprint density at radius 2 is 1.45 bits per heavy atom. The Kier molecular flexibility index (Phi) is 3.81. The number of rotatable bonds is 0. The van der Waals surface area contributed by atoms with Gasteiger partial charge in [0.15, 0.2) is 0 Å². The van der Waals surface area contributed by atoms with Gasteiger partial charge in [-0.15, -0.1) is 12.4 Å². The molecule has 120 valence electrons. The van der Waals surface area contributed by atoms with E-state index in [-0.39, 0.29) is 18.4 Å². The van der Waals surface area contributed by atoms with Crippen LogP contribution in [0.15, 0.2) is 15.0 Å². The van der Waals surface area contributed by atoms with Gasteiger partial charge in [0.25, 0.3) is 0 Å². The smallest absolute Gasteiger partial charge is 0.227 e. The molecule has 0 aliphatic carbocycles. The Hall–Kier alpha value is -2.03. The van der Waals surface area contributed by atoms with Crippen LogP contribution in [0.25, 0.3) is 0 Å². The molecule has 0 unspecified atom stereocenters. The second-order valence-electron chi connectivity index (χ2n) is 5.43. The molecule has 3 N–H and O–H groups in total. The van der Waals surface area contributed by atoms with E-state index in [4.69, 9.17) is 11.1 Å². The standard InChI is InChI=1S/C12H19N9.ClH/c13-9(20-7-5-18-3-1-15-11(18)20)17-10(14)21-8-6-19-4-2-16-12(19)21;/h1-8H2,(H3,13,14,17);1H. The van der Waals surface area contributed by atoms with Crippen molar-refractivity contribution >= 4 is 36.2 Å². The molecule has 10 heteroatoms. The number of nitrogens with one attached hydrogen (secondary N) is 1. The van der Waals surface area contributed by atoms with Crippen LogP contribution in [0, 0.1) is 5.41 Å². The van der Waals surface area contributed by atoms with Crippen molar-refractivity contribution in [2.24, 2.45) is 20.7 Å². The lowest BCUT2D eigenvalue weighted by Crippen LogP contribution is -2.42. The normalized spacial score (nSPS) is 23.4. The highest BCUT2D eigenvalue weighted by Crippen LogP contribution is 2.16. The fourth-order valence-corrected chi connectivity index (χ4v) is 3.17. The average Bonchev–Trinajstić information content (AvgIpc) is 3.18. The Morgan fingerprint density at radius 1 is 0.909 bits per heavy atom. The minimum absolute atomic E-state index is 0. The molecule has 0 aromatic rings. The van der Waals surface area contributed by atoms with Crippen LogP contribution < -0.4 is 5.73 Å². The lowest BCUT2D eigenvalue weighted by Gasteiger charge is -2.20. The number of aliphatic imine (C=N–C) groups is 3. The van der Waals surface area contributed by atoms with Crippen molar-refractivity contribution < 1.29 is 0 Å². The molecule has 4 rings (SSSR count). The monoisotopic (exact) mass is 325 g/mol. The molecule has 0 radical (unpaired) electrons. The minimum atomic E-state index is 0. The van der Waals surface area contributed by atoms with Crippen LogP contribution in [0.5, 0.6) is 0 Å². The van der Waals surface area contributed by atoms with Crippen LogP contribution in [0.3, 0.4) is 0 Å². The van der Waals surface area contributed by atoms with Gasteiger partial charge in [-0.2, -0.15) is 4.99 Å². The molecule has 0 amide bonds. The molecular weight excluding hydrogens is 306 g/mol. The molecule has 0 saturated carbocycles. The number of nitrogens with zero attached hydrogens (tertiary/aromatic N) is 7. The molecule has 0 aromatic heterocycles. The summed E-state index contributed by atoms with van der Waals surface area (Å²) in [5.74, 6) is 2.26. The summed E-state index contributed by atoms with van der Waals surface area (Å²) in [6, 6.07) is 0. The van der Waals surface area contributed by atoms with Crippen molar-refractivity contribution in [1.82, 2.24) is 19.6 Å². The zero-order chi connectivity index (χ0) is 14.4. The second kappa shape index (κ2) is 5.64. The summed E-state index contributed by atoms with van der Waals surface area (Å²) in [6.07, 6.45) is 0. The lowest BCUT2D eigenvalue weighted by atomic mass is 10.5. The van der Waals surface area contributed by atoms with Gasteiger partial charge in [0.05, 0.1) is 13.1 Å². The average molecular weight is 326 g/mol. The molecule has 2 saturated heterocycles. The number of halogens is 1. The highest BCUT2D eigenvalue weighted by Gasteiger charge is 2.34. The van der Waals surface area contributed by atoms with E-state index in [1.807, 2.05) is 9.80 Å². The van der Waals surface area contributed by atoms with Gasteiger partial charge in [-0.3, -0.25) is 25.2 Å². The zero-order valence-electron chi connectivity index (χ0n) is 12.3. The molecule has 2 fully saturated rings. The van der Waals surface area contributed by atoms with E-state index in [1.54, 1.807) is 0 Å². The highest BCUT2D eigenvalue weighted by atomic mass is 35.5. The van der Waals surface area contributed by atoms with E-state index in [2.05, 4.69) is 24.8 Å². The van der Waals surface area contributed by atoms with Crippen LogP contribution in [-0.4, -0.2) is 95.8 Å². The van der Waals surface area contributed by atoms with Crippen LogP contribution in [0.2, 0.25) is 0 Å².